The van der Waals surface area contributed by atoms with E-state index >= 15 is 0 Å². The van der Waals surface area contributed by atoms with E-state index in [4.69, 9.17) is 13.3 Å². The summed E-state index contributed by atoms with van der Waals surface area (Å²) in [5.74, 6) is 3.28. The van der Waals surface area contributed by atoms with Gasteiger partial charge in [-0.1, -0.05) is 114 Å². The topological polar surface area (TPSA) is 27.7 Å². The Morgan fingerprint density at radius 2 is 0.769 bits per heavy atom. The lowest BCUT2D eigenvalue weighted by atomic mass is 9.98. The molecule has 0 unspecified atom stereocenters. The van der Waals surface area contributed by atoms with Crippen LogP contribution in [0.1, 0.15) is 134 Å². The van der Waals surface area contributed by atoms with Crippen LogP contribution < -0.4 is 5.19 Å². The number of hydrogen-bond acceptors (Lipinski definition) is 3. The summed E-state index contributed by atoms with van der Waals surface area (Å²) in [5, 5.41) is 1.19. The van der Waals surface area contributed by atoms with Gasteiger partial charge in [0.15, 0.2) is 0 Å². The van der Waals surface area contributed by atoms with Crippen LogP contribution in [0, 0.1) is 35.5 Å². The molecule has 0 bridgehead atoms. The fourth-order valence-electron chi connectivity index (χ4n) is 5.79. The zero-order valence-electron chi connectivity index (χ0n) is 28.2. The Hall–Kier alpha value is -0.683. The quantitative estimate of drug-likeness (QED) is 0.148. The van der Waals surface area contributed by atoms with Gasteiger partial charge in [0.05, 0.1) is 18.3 Å². The van der Waals surface area contributed by atoms with Crippen LogP contribution in [-0.4, -0.2) is 27.1 Å². The molecule has 0 aromatic heterocycles. The van der Waals surface area contributed by atoms with E-state index in [9.17, 15) is 0 Å². The van der Waals surface area contributed by atoms with Crippen molar-refractivity contribution in [2.24, 2.45) is 35.5 Å². The number of aryl methyl sites for hydroxylation is 1. The van der Waals surface area contributed by atoms with Crippen molar-refractivity contribution in [3.63, 3.8) is 0 Å². The Morgan fingerprint density at radius 1 is 0.487 bits per heavy atom. The summed E-state index contributed by atoms with van der Waals surface area (Å²) >= 11 is 0. The van der Waals surface area contributed by atoms with Crippen molar-refractivity contribution in [2.75, 3.05) is 0 Å². The second kappa shape index (κ2) is 18.0. The maximum Gasteiger partial charge on any atom is 0.538 e. The molecule has 0 radical (unpaired) electrons. The highest BCUT2D eigenvalue weighted by Gasteiger charge is 2.51. The SMILES string of the molecule is CCc1ccccc1[Si](OC(CC(C)C)CC(C)C)(OC(CC(C)C)CC(C)C)OC(CC(C)C)CC(C)C. The van der Waals surface area contributed by atoms with E-state index in [0.29, 0.717) is 35.5 Å². The highest BCUT2D eigenvalue weighted by Crippen LogP contribution is 2.31. The molecule has 0 saturated carbocycles. The van der Waals surface area contributed by atoms with Gasteiger partial charge in [-0.3, -0.25) is 0 Å². The zero-order chi connectivity index (χ0) is 29.8. The van der Waals surface area contributed by atoms with Crippen molar-refractivity contribution in [1.82, 2.24) is 0 Å². The van der Waals surface area contributed by atoms with Crippen molar-refractivity contribution < 1.29 is 13.3 Å². The van der Waals surface area contributed by atoms with Gasteiger partial charge in [-0.05, 0) is 86.0 Å². The molecule has 4 heteroatoms. The Morgan fingerprint density at radius 3 is 1.03 bits per heavy atom. The highest BCUT2D eigenvalue weighted by molar-refractivity contribution is 6.76. The minimum Gasteiger partial charge on any atom is -0.367 e. The van der Waals surface area contributed by atoms with Crippen LogP contribution in [0.15, 0.2) is 24.3 Å². The van der Waals surface area contributed by atoms with Gasteiger partial charge in [-0.25, -0.2) is 0 Å². The van der Waals surface area contributed by atoms with Crippen LogP contribution in [0.3, 0.4) is 0 Å². The van der Waals surface area contributed by atoms with Gasteiger partial charge in [0.2, 0.25) is 0 Å². The Balaban J connectivity index is 3.87. The first-order valence-corrected chi connectivity index (χ1v) is 18.0. The molecule has 0 amide bonds. The molecule has 0 aliphatic rings. The Bertz CT molecular complexity index is 676. The average molecular weight is 563 g/mol. The van der Waals surface area contributed by atoms with Gasteiger partial charge in [0, 0.05) is 5.19 Å². The fourth-order valence-corrected chi connectivity index (χ4v) is 9.19. The standard InChI is InChI=1S/C35H66O3Si/c1-14-31-17-15-16-18-35(31)39(36-32(19-25(2)3)20-26(4)5,37-33(21-27(6)7)22-28(8)9)38-34(23-29(10)11)24-30(12)13/h15-18,25-30,32-34H,14,19-24H2,1-13H3. The molecule has 0 atom stereocenters. The molecule has 1 rings (SSSR count). The van der Waals surface area contributed by atoms with Gasteiger partial charge in [0.1, 0.15) is 0 Å². The molecule has 1 aromatic carbocycles. The highest BCUT2D eigenvalue weighted by atomic mass is 28.4. The first-order valence-electron chi connectivity index (χ1n) is 16.3. The zero-order valence-corrected chi connectivity index (χ0v) is 29.2. The van der Waals surface area contributed by atoms with Crippen LogP contribution in [0.25, 0.3) is 0 Å². The summed E-state index contributed by atoms with van der Waals surface area (Å²) in [6.45, 7) is 29.9. The van der Waals surface area contributed by atoms with Gasteiger partial charge in [-0.2, -0.15) is 0 Å². The molecular formula is C35H66O3Si. The van der Waals surface area contributed by atoms with Gasteiger partial charge in [-0.15, -0.1) is 0 Å². The largest absolute Gasteiger partial charge is 0.538 e. The summed E-state index contributed by atoms with van der Waals surface area (Å²) < 4.78 is 22.4. The molecule has 0 saturated heterocycles. The molecule has 0 aliphatic carbocycles. The summed E-state index contributed by atoms with van der Waals surface area (Å²) in [6.07, 6.45) is 7.39. The van der Waals surface area contributed by atoms with Crippen LogP contribution in [-0.2, 0) is 19.7 Å². The average Bonchev–Trinajstić information content (AvgIpc) is 2.76. The van der Waals surface area contributed by atoms with Gasteiger partial charge < -0.3 is 13.3 Å². The summed E-state index contributed by atoms with van der Waals surface area (Å²) in [5.41, 5.74) is 1.30. The first kappa shape index (κ1) is 36.3. The molecule has 0 spiro atoms. The van der Waals surface area contributed by atoms with E-state index in [2.05, 4.69) is 114 Å². The minimum absolute atomic E-state index is 0.110. The Kier molecular flexibility index (Phi) is 16.8. The first-order chi connectivity index (χ1) is 18.2. The van der Waals surface area contributed by atoms with Crippen molar-refractivity contribution in [2.45, 2.75) is 153 Å². The van der Waals surface area contributed by atoms with E-state index in [1.165, 1.54) is 10.8 Å². The third kappa shape index (κ3) is 14.2. The van der Waals surface area contributed by atoms with Crippen LogP contribution in [0.4, 0.5) is 0 Å². The molecule has 0 N–H and O–H groups in total. The van der Waals surface area contributed by atoms with Crippen LogP contribution in [0.5, 0.6) is 0 Å². The van der Waals surface area contributed by atoms with E-state index in [1.54, 1.807) is 0 Å². The second-order valence-electron chi connectivity index (χ2n) is 14.6. The summed E-state index contributed by atoms with van der Waals surface area (Å²) in [6, 6.07) is 8.83. The van der Waals surface area contributed by atoms with Crippen molar-refractivity contribution in [3.05, 3.63) is 29.8 Å². The third-order valence-corrected chi connectivity index (χ3v) is 10.2. The number of rotatable bonds is 20. The van der Waals surface area contributed by atoms with Crippen LogP contribution >= 0.6 is 0 Å². The van der Waals surface area contributed by atoms with E-state index in [-0.39, 0.29) is 18.3 Å². The normalized spacial score (nSPS) is 13.3. The molecule has 1 aromatic rings. The second-order valence-corrected chi connectivity index (χ2v) is 16.9. The van der Waals surface area contributed by atoms with Gasteiger partial charge in [0.25, 0.3) is 0 Å². The lowest BCUT2D eigenvalue weighted by molar-refractivity contribution is -0.0329. The minimum atomic E-state index is -3.33. The van der Waals surface area contributed by atoms with E-state index in [0.717, 1.165) is 44.9 Å². The monoisotopic (exact) mass is 562 g/mol. The van der Waals surface area contributed by atoms with Crippen molar-refractivity contribution in [1.29, 1.82) is 0 Å². The summed E-state index contributed by atoms with van der Waals surface area (Å²) in [7, 11) is -3.33. The lowest BCUT2D eigenvalue weighted by Crippen LogP contribution is -2.63. The predicted molar refractivity (Wildman–Crippen MR) is 173 cm³/mol. The molecular weight excluding hydrogens is 496 g/mol. The van der Waals surface area contributed by atoms with Gasteiger partial charge >= 0.3 is 8.80 Å². The van der Waals surface area contributed by atoms with Crippen LogP contribution in [0.2, 0.25) is 0 Å². The molecule has 0 aliphatic heterocycles. The molecule has 228 valence electrons. The molecule has 0 fully saturated rings. The number of benzene rings is 1. The van der Waals surface area contributed by atoms with Crippen molar-refractivity contribution >= 4 is 14.0 Å². The lowest BCUT2D eigenvalue weighted by Gasteiger charge is -2.41. The van der Waals surface area contributed by atoms with E-state index in [1.807, 2.05) is 0 Å². The van der Waals surface area contributed by atoms with Crippen molar-refractivity contribution in [3.8, 4) is 0 Å². The molecule has 0 heterocycles. The predicted octanol–water partition coefficient (Wildman–Crippen LogP) is 9.83. The Labute approximate surface area is 245 Å². The summed E-state index contributed by atoms with van der Waals surface area (Å²) in [4.78, 5) is 0. The molecule has 3 nitrogen and oxygen atoms in total. The smallest absolute Gasteiger partial charge is 0.367 e. The maximum atomic E-state index is 7.47. The fraction of sp³-hybridized carbons (Fsp3) is 0.829. The molecule has 39 heavy (non-hydrogen) atoms. The third-order valence-electron chi connectivity index (χ3n) is 7.10. The maximum absolute atomic E-state index is 7.47. The number of hydrogen-bond donors (Lipinski definition) is 0. The van der Waals surface area contributed by atoms with E-state index < -0.39 is 8.80 Å².